The highest BCUT2D eigenvalue weighted by atomic mass is 16.5. The highest BCUT2D eigenvalue weighted by Crippen LogP contribution is 2.15. The molecule has 2 amide bonds. The fraction of sp³-hybridized carbons (Fsp3) is 0.182. The van der Waals surface area contributed by atoms with Crippen molar-refractivity contribution >= 4 is 11.8 Å². The average Bonchev–Trinajstić information content (AvgIpc) is 3.20. The number of ether oxygens (including phenoxy) is 1. The second-order valence-electron chi connectivity index (χ2n) is 6.55. The van der Waals surface area contributed by atoms with Crippen molar-refractivity contribution in [1.82, 2.24) is 10.9 Å². The largest absolute Gasteiger partial charge is 0.486 e. The van der Waals surface area contributed by atoms with Gasteiger partial charge in [0.05, 0.1) is 0 Å². The number of rotatable bonds is 6. The lowest BCUT2D eigenvalue weighted by atomic mass is 10.0. The maximum atomic E-state index is 12.2. The summed E-state index contributed by atoms with van der Waals surface area (Å²) in [5.41, 5.74) is 6.33. The number of furan rings is 1. The third-order valence-electron chi connectivity index (χ3n) is 4.14. The summed E-state index contributed by atoms with van der Waals surface area (Å²) in [5, 5.41) is 0. The van der Waals surface area contributed by atoms with E-state index in [1.807, 2.05) is 42.5 Å². The molecular formula is C22H22N2O4. The number of para-hydroxylation sites is 1. The van der Waals surface area contributed by atoms with Crippen molar-refractivity contribution < 1.29 is 18.7 Å². The topological polar surface area (TPSA) is 80.6 Å². The molecule has 0 spiro atoms. The van der Waals surface area contributed by atoms with E-state index in [1.54, 1.807) is 18.2 Å². The van der Waals surface area contributed by atoms with Crippen molar-refractivity contribution in [3.8, 4) is 5.75 Å². The van der Waals surface area contributed by atoms with Crippen molar-refractivity contribution in [2.45, 2.75) is 26.4 Å². The second kappa shape index (κ2) is 8.90. The van der Waals surface area contributed by atoms with Gasteiger partial charge < -0.3 is 9.15 Å². The van der Waals surface area contributed by atoms with Crippen LogP contribution in [0.1, 0.15) is 52.0 Å². The number of hydrazine groups is 1. The first-order chi connectivity index (χ1) is 13.5. The summed E-state index contributed by atoms with van der Waals surface area (Å²) in [6.07, 6.45) is 0. The van der Waals surface area contributed by atoms with Gasteiger partial charge in [-0.3, -0.25) is 20.4 Å². The third-order valence-corrected chi connectivity index (χ3v) is 4.14. The van der Waals surface area contributed by atoms with Crippen molar-refractivity contribution in [2.24, 2.45) is 0 Å². The Balaban J connectivity index is 1.50. The van der Waals surface area contributed by atoms with Gasteiger partial charge in [-0.25, -0.2) is 0 Å². The summed E-state index contributed by atoms with van der Waals surface area (Å²) in [5.74, 6) is 0.740. The molecule has 0 radical (unpaired) electrons. The predicted octanol–water partition coefficient (Wildman–Crippen LogP) is 4.06. The molecule has 0 atom stereocenters. The van der Waals surface area contributed by atoms with Gasteiger partial charge in [-0.15, -0.1) is 0 Å². The Hall–Kier alpha value is -3.54. The van der Waals surface area contributed by atoms with E-state index in [0.29, 0.717) is 23.0 Å². The van der Waals surface area contributed by atoms with Crippen LogP contribution in [0.25, 0.3) is 0 Å². The molecule has 0 aliphatic rings. The van der Waals surface area contributed by atoms with Crippen LogP contribution in [-0.4, -0.2) is 11.8 Å². The smallest absolute Gasteiger partial charge is 0.305 e. The minimum Gasteiger partial charge on any atom is -0.486 e. The number of hydrogen-bond acceptors (Lipinski definition) is 4. The van der Waals surface area contributed by atoms with E-state index in [2.05, 4.69) is 24.7 Å². The molecule has 2 aromatic carbocycles. The van der Waals surface area contributed by atoms with Gasteiger partial charge in [0.15, 0.2) is 5.76 Å². The number of amides is 2. The number of carbonyl (C=O) groups is 2. The first kappa shape index (κ1) is 19.2. The number of nitrogens with one attached hydrogen (secondary N) is 2. The Kier molecular flexibility index (Phi) is 6.11. The van der Waals surface area contributed by atoms with E-state index < -0.39 is 11.8 Å². The quantitative estimate of drug-likeness (QED) is 0.634. The molecule has 144 valence electrons. The van der Waals surface area contributed by atoms with Crippen LogP contribution in [-0.2, 0) is 6.61 Å². The summed E-state index contributed by atoms with van der Waals surface area (Å²) in [4.78, 5) is 24.3. The summed E-state index contributed by atoms with van der Waals surface area (Å²) >= 11 is 0. The minimum atomic E-state index is -0.543. The van der Waals surface area contributed by atoms with E-state index in [-0.39, 0.29) is 12.4 Å². The monoisotopic (exact) mass is 378 g/mol. The van der Waals surface area contributed by atoms with Crippen LogP contribution in [0.4, 0.5) is 0 Å². The molecule has 3 rings (SSSR count). The molecule has 2 N–H and O–H groups in total. The molecule has 0 saturated heterocycles. The zero-order valence-electron chi connectivity index (χ0n) is 15.8. The average molecular weight is 378 g/mol. The van der Waals surface area contributed by atoms with Crippen LogP contribution >= 0.6 is 0 Å². The Morgan fingerprint density at radius 3 is 2.25 bits per heavy atom. The van der Waals surface area contributed by atoms with Crippen LogP contribution in [0.5, 0.6) is 5.75 Å². The molecule has 0 fully saturated rings. The molecule has 0 unspecified atom stereocenters. The minimum absolute atomic E-state index is 0.0853. The predicted molar refractivity (Wildman–Crippen MR) is 105 cm³/mol. The van der Waals surface area contributed by atoms with Gasteiger partial charge in [-0.1, -0.05) is 44.2 Å². The molecule has 0 saturated carbocycles. The number of benzene rings is 2. The van der Waals surface area contributed by atoms with Gasteiger partial charge in [0.1, 0.15) is 18.1 Å². The van der Waals surface area contributed by atoms with Crippen LogP contribution in [0.15, 0.2) is 71.1 Å². The number of carbonyl (C=O) groups excluding carboxylic acids is 2. The van der Waals surface area contributed by atoms with Crippen molar-refractivity contribution in [1.29, 1.82) is 0 Å². The summed E-state index contributed by atoms with van der Waals surface area (Å²) in [6.45, 7) is 4.36. The van der Waals surface area contributed by atoms with Crippen LogP contribution < -0.4 is 15.6 Å². The van der Waals surface area contributed by atoms with Gasteiger partial charge >= 0.3 is 5.91 Å². The molecule has 0 bridgehead atoms. The first-order valence-corrected chi connectivity index (χ1v) is 9.00. The first-order valence-electron chi connectivity index (χ1n) is 9.00. The van der Waals surface area contributed by atoms with Gasteiger partial charge in [0.25, 0.3) is 5.91 Å². The summed E-state index contributed by atoms with van der Waals surface area (Å²) in [6, 6.07) is 19.7. The Labute approximate surface area is 163 Å². The van der Waals surface area contributed by atoms with Gasteiger partial charge in [0.2, 0.25) is 0 Å². The van der Waals surface area contributed by atoms with Gasteiger partial charge in [-0.05, 0) is 47.9 Å². The fourth-order valence-electron chi connectivity index (χ4n) is 2.52. The van der Waals surface area contributed by atoms with E-state index in [1.165, 1.54) is 6.07 Å². The SMILES string of the molecule is CC(C)c1ccc(C(=O)NNC(=O)c2ccc(COc3ccccc3)o2)cc1. The highest BCUT2D eigenvalue weighted by molar-refractivity contribution is 5.97. The van der Waals surface area contributed by atoms with Gasteiger partial charge in [-0.2, -0.15) is 0 Å². The van der Waals surface area contributed by atoms with Crippen molar-refractivity contribution in [2.75, 3.05) is 0 Å². The Morgan fingerprint density at radius 2 is 1.57 bits per heavy atom. The van der Waals surface area contributed by atoms with Crippen molar-refractivity contribution in [3.05, 3.63) is 89.4 Å². The van der Waals surface area contributed by atoms with Crippen LogP contribution in [0.3, 0.4) is 0 Å². The molecule has 28 heavy (non-hydrogen) atoms. The molecule has 6 nitrogen and oxygen atoms in total. The zero-order chi connectivity index (χ0) is 19.9. The standard InChI is InChI=1S/C22H22N2O4/c1-15(2)16-8-10-17(11-9-16)21(25)23-24-22(26)20-13-12-19(28-20)14-27-18-6-4-3-5-7-18/h3-13,15H,14H2,1-2H3,(H,23,25)(H,24,26). The lowest BCUT2D eigenvalue weighted by Gasteiger charge is -2.08. The van der Waals surface area contributed by atoms with E-state index in [4.69, 9.17) is 9.15 Å². The zero-order valence-corrected chi connectivity index (χ0v) is 15.8. The molecule has 0 aliphatic carbocycles. The molecule has 1 heterocycles. The lowest BCUT2D eigenvalue weighted by molar-refractivity contribution is 0.0828. The maximum absolute atomic E-state index is 12.2. The Bertz CT molecular complexity index is 931. The summed E-state index contributed by atoms with van der Waals surface area (Å²) in [7, 11) is 0. The van der Waals surface area contributed by atoms with Crippen LogP contribution in [0.2, 0.25) is 0 Å². The molecular weight excluding hydrogens is 356 g/mol. The van der Waals surface area contributed by atoms with Crippen molar-refractivity contribution in [3.63, 3.8) is 0 Å². The Morgan fingerprint density at radius 1 is 0.893 bits per heavy atom. The normalized spacial score (nSPS) is 10.5. The van der Waals surface area contributed by atoms with Crippen LogP contribution in [0, 0.1) is 0 Å². The third kappa shape index (κ3) is 5.01. The lowest BCUT2D eigenvalue weighted by Crippen LogP contribution is -2.41. The summed E-state index contributed by atoms with van der Waals surface area (Å²) < 4.78 is 11.0. The number of hydrogen-bond donors (Lipinski definition) is 2. The van der Waals surface area contributed by atoms with E-state index in [0.717, 1.165) is 5.56 Å². The fourth-order valence-corrected chi connectivity index (χ4v) is 2.52. The maximum Gasteiger partial charge on any atom is 0.305 e. The molecule has 0 aliphatic heterocycles. The molecule has 1 aromatic heterocycles. The van der Waals surface area contributed by atoms with E-state index in [9.17, 15) is 9.59 Å². The second-order valence-corrected chi connectivity index (χ2v) is 6.55. The van der Waals surface area contributed by atoms with Gasteiger partial charge in [0, 0.05) is 5.56 Å². The molecule has 6 heteroatoms. The highest BCUT2D eigenvalue weighted by Gasteiger charge is 2.13. The van der Waals surface area contributed by atoms with E-state index >= 15 is 0 Å². The molecule has 3 aromatic rings.